The molecule has 5 aliphatic rings. The molecule has 47 heavy (non-hydrogen) atoms. The molecule has 1 aliphatic carbocycles. The zero-order chi connectivity index (χ0) is 33.0. The molecule has 1 fully saturated rings. The van der Waals surface area contributed by atoms with Gasteiger partial charge in [0.05, 0.1) is 27.1 Å². The van der Waals surface area contributed by atoms with Gasteiger partial charge in [-0.25, -0.2) is 13.4 Å². The van der Waals surface area contributed by atoms with Gasteiger partial charge in [-0.1, -0.05) is 73.5 Å². The van der Waals surface area contributed by atoms with E-state index < -0.39 is 38.7 Å². The Kier molecular flexibility index (Phi) is 12.2. The van der Waals surface area contributed by atoms with Crippen molar-refractivity contribution in [2.75, 3.05) is 0 Å². The molecule has 3 aromatic rings. The molecule has 0 aromatic heterocycles. The summed E-state index contributed by atoms with van der Waals surface area (Å²) in [5.74, 6) is -0.375. The molecule has 4 atom stereocenters. The smallest absolute Gasteiger partial charge is 0.748 e. The van der Waals surface area contributed by atoms with Crippen LogP contribution >= 0.6 is 0 Å². The largest absolute Gasteiger partial charge is 1.00 e. The van der Waals surface area contributed by atoms with Crippen molar-refractivity contribution in [2.24, 2.45) is 22.4 Å². The maximum Gasteiger partial charge on any atom is 1.00 e. The zero-order valence-corrected chi connectivity index (χ0v) is 29.5. The second-order valence-corrected chi connectivity index (χ2v) is 14.1. The van der Waals surface area contributed by atoms with Gasteiger partial charge in [0.1, 0.15) is 11.5 Å². The van der Waals surface area contributed by atoms with Gasteiger partial charge in [0, 0.05) is 12.0 Å². The molecule has 4 heterocycles. The van der Waals surface area contributed by atoms with Crippen molar-refractivity contribution in [3.8, 4) is 11.5 Å². The maximum absolute atomic E-state index is 12.7. The Hall–Kier alpha value is -2.90. The number of hydrogen-bond acceptors (Lipinski definition) is 8. The van der Waals surface area contributed by atoms with Crippen LogP contribution in [-0.4, -0.2) is 45.1 Å². The molecular formula is C35H42N3NaO7S. The van der Waals surface area contributed by atoms with Crippen LogP contribution in [0.5, 0.6) is 11.5 Å². The number of nitrogens with two attached hydrogens (primary N) is 2. The third-order valence-corrected chi connectivity index (χ3v) is 10.5. The quantitative estimate of drug-likeness (QED) is 0.0772. The minimum absolute atomic E-state index is 0. The summed E-state index contributed by atoms with van der Waals surface area (Å²) < 4.78 is 44.7. The fourth-order valence-corrected chi connectivity index (χ4v) is 7.64. The van der Waals surface area contributed by atoms with Gasteiger partial charge >= 0.3 is 29.6 Å². The van der Waals surface area contributed by atoms with Gasteiger partial charge in [-0.05, 0) is 85.4 Å². The van der Waals surface area contributed by atoms with Crippen molar-refractivity contribution in [3.05, 3.63) is 107 Å². The van der Waals surface area contributed by atoms with Crippen LogP contribution in [0.3, 0.4) is 0 Å². The SMILES string of the molecule is NC(N)=N[C@]1(CCC2(O)CCCC2)Oc2ccc(cc2)CC[C@@H](S(=O)(=O)[O-])[C@H](/C=C/[C@@H](O)c2ccc(O)cc2)Cc2ccc1cc2.[Na+]. The van der Waals surface area contributed by atoms with E-state index in [0.717, 1.165) is 24.0 Å². The number of rotatable bonds is 8. The molecule has 8 rings (SSSR count). The zero-order valence-electron chi connectivity index (χ0n) is 26.7. The van der Waals surface area contributed by atoms with E-state index in [1.165, 1.54) is 18.2 Å². The van der Waals surface area contributed by atoms with Crippen LogP contribution in [0.25, 0.3) is 0 Å². The molecule has 0 amide bonds. The molecule has 3 aromatic carbocycles. The summed E-state index contributed by atoms with van der Waals surface area (Å²) in [6, 6.07) is 20.5. The number of aliphatic imine (C=N–C) groups is 1. The number of aliphatic hydroxyl groups is 2. The summed E-state index contributed by atoms with van der Waals surface area (Å²) in [4.78, 5) is 4.60. The Balaban J connectivity index is 0.00000500. The van der Waals surface area contributed by atoms with E-state index in [9.17, 15) is 28.3 Å². The fourth-order valence-electron chi connectivity index (χ4n) is 6.62. The molecule has 12 heteroatoms. The molecule has 4 aliphatic heterocycles. The number of benzene rings is 3. The number of phenols is 1. The van der Waals surface area contributed by atoms with Gasteiger partial charge in [-0.15, -0.1) is 0 Å². The number of aliphatic hydroxyl groups excluding tert-OH is 1. The Labute approximate surface area is 298 Å². The van der Waals surface area contributed by atoms with Gasteiger partial charge in [-0.2, -0.15) is 0 Å². The van der Waals surface area contributed by atoms with E-state index in [-0.39, 0.29) is 54.1 Å². The van der Waals surface area contributed by atoms with Crippen molar-refractivity contribution < 1.29 is 62.6 Å². The molecular weight excluding hydrogens is 629 g/mol. The number of nitrogens with zero attached hydrogens (tertiary/aromatic N) is 1. The second-order valence-electron chi connectivity index (χ2n) is 12.6. The standard InChI is InChI=1S/C35H43N3O7S.Na/c36-33(37)38-35(22-21-34(41)19-1-2-20-34)28-11-3-25(4-12-28)23-27(10-17-31(40)26-8-13-29(39)14-9-26)32(46(42,43)44)18-7-24-5-15-30(45-35)16-6-24;/h3-6,8-17,27,31-32,39-41H,1-2,7,18-23H2,(H4,36,37,38)(H,42,43,44);/q;+1/p-1/b17-10+;/t27-,31-,32-,35-;/m1./s1. The van der Waals surface area contributed by atoms with Gasteiger partial charge in [0.15, 0.2) is 5.96 Å². The van der Waals surface area contributed by atoms with Crippen LogP contribution in [0.1, 0.15) is 73.3 Å². The Morgan fingerprint density at radius 2 is 1.60 bits per heavy atom. The molecule has 0 unspecified atom stereocenters. The van der Waals surface area contributed by atoms with Gasteiger partial charge in [0.25, 0.3) is 0 Å². The van der Waals surface area contributed by atoms with Crippen LogP contribution in [0.2, 0.25) is 0 Å². The average Bonchev–Trinajstić information content (AvgIpc) is 3.45. The molecule has 10 nitrogen and oxygen atoms in total. The predicted octanol–water partition coefficient (Wildman–Crippen LogP) is 1.30. The van der Waals surface area contributed by atoms with Crippen molar-refractivity contribution in [2.45, 2.75) is 80.5 Å². The van der Waals surface area contributed by atoms with Crippen molar-refractivity contribution >= 4 is 16.1 Å². The Bertz CT molecular complexity index is 1640. The number of phenolic OH excluding ortho intramolecular Hbond substituents is 1. The molecule has 4 bridgehead atoms. The van der Waals surface area contributed by atoms with Crippen LogP contribution in [-0.2, 0) is 28.7 Å². The number of aromatic hydroxyl groups is 1. The van der Waals surface area contributed by atoms with Crippen LogP contribution in [0.4, 0.5) is 0 Å². The fraction of sp³-hybridized carbons (Fsp3) is 0.400. The van der Waals surface area contributed by atoms with Gasteiger partial charge < -0.3 is 36.1 Å². The normalized spacial score (nSPS) is 23.3. The first-order valence-electron chi connectivity index (χ1n) is 15.6. The van der Waals surface area contributed by atoms with E-state index in [1.54, 1.807) is 30.3 Å². The number of allylic oxidation sites excluding steroid dienone is 1. The molecule has 1 saturated carbocycles. The monoisotopic (exact) mass is 671 g/mol. The van der Waals surface area contributed by atoms with Crippen molar-refractivity contribution in [1.82, 2.24) is 0 Å². The minimum Gasteiger partial charge on any atom is -0.748 e. The van der Waals surface area contributed by atoms with Gasteiger partial charge in [-0.3, -0.25) is 0 Å². The molecule has 0 spiro atoms. The van der Waals surface area contributed by atoms with Crippen molar-refractivity contribution in [1.29, 1.82) is 0 Å². The molecule has 246 valence electrons. The second kappa shape index (κ2) is 15.5. The third-order valence-electron chi connectivity index (χ3n) is 9.20. The Morgan fingerprint density at radius 1 is 0.979 bits per heavy atom. The minimum atomic E-state index is -4.74. The van der Waals surface area contributed by atoms with E-state index in [1.807, 2.05) is 36.4 Å². The summed E-state index contributed by atoms with van der Waals surface area (Å²) in [5.41, 5.74) is 12.5. The molecule has 7 N–H and O–H groups in total. The summed E-state index contributed by atoms with van der Waals surface area (Å²) in [5, 5.41) is 30.4. The van der Waals surface area contributed by atoms with Gasteiger partial charge in [0.2, 0.25) is 5.72 Å². The summed E-state index contributed by atoms with van der Waals surface area (Å²) in [7, 11) is -4.74. The number of ether oxygens (including phenoxy) is 1. The van der Waals surface area contributed by atoms with E-state index in [4.69, 9.17) is 16.2 Å². The van der Waals surface area contributed by atoms with Crippen LogP contribution in [0.15, 0.2) is 89.9 Å². The van der Waals surface area contributed by atoms with Crippen molar-refractivity contribution in [3.63, 3.8) is 0 Å². The Morgan fingerprint density at radius 3 is 2.19 bits per heavy atom. The van der Waals surface area contributed by atoms with Crippen LogP contribution in [0, 0.1) is 5.92 Å². The topological polar surface area (TPSA) is 192 Å². The summed E-state index contributed by atoms with van der Waals surface area (Å²) >= 11 is 0. The number of hydrogen-bond donors (Lipinski definition) is 5. The van der Waals surface area contributed by atoms with E-state index in [0.29, 0.717) is 49.0 Å². The first-order chi connectivity index (χ1) is 21.8. The maximum atomic E-state index is 12.7. The third kappa shape index (κ3) is 9.60. The van der Waals surface area contributed by atoms with E-state index >= 15 is 0 Å². The summed E-state index contributed by atoms with van der Waals surface area (Å²) in [6.45, 7) is 0. The summed E-state index contributed by atoms with van der Waals surface area (Å²) in [6.07, 6.45) is 6.62. The average molecular weight is 672 g/mol. The number of guanidine groups is 1. The van der Waals surface area contributed by atoms with Crippen LogP contribution < -0.4 is 45.8 Å². The predicted molar refractivity (Wildman–Crippen MR) is 175 cm³/mol. The first-order valence-corrected chi connectivity index (χ1v) is 17.1. The molecule has 0 radical (unpaired) electrons. The van der Waals surface area contributed by atoms with E-state index in [2.05, 4.69) is 4.99 Å². The molecule has 0 saturated heterocycles. The first kappa shape index (κ1) is 36.9. The number of aryl methyl sites for hydroxylation is 1.